The van der Waals surface area contributed by atoms with Crippen molar-refractivity contribution in [2.45, 2.75) is 31.9 Å². The van der Waals surface area contributed by atoms with Gasteiger partial charge < -0.3 is 4.74 Å². The van der Waals surface area contributed by atoms with Crippen LogP contribution in [0.4, 0.5) is 0 Å². The molecule has 0 aliphatic carbocycles. The van der Waals surface area contributed by atoms with Crippen LogP contribution >= 0.6 is 0 Å². The Kier molecular flexibility index (Phi) is 5.25. The Morgan fingerprint density at radius 1 is 1.53 bits per heavy atom. The summed E-state index contributed by atoms with van der Waals surface area (Å²) in [5.74, 6) is 5.51. The van der Waals surface area contributed by atoms with Crippen molar-refractivity contribution >= 4 is 0 Å². The van der Waals surface area contributed by atoms with Crippen molar-refractivity contribution in [1.29, 1.82) is 0 Å². The Hall–Kier alpha value is -0.970. The van der Waals surface area contributed by atoms with Gasteiger partial charge in [-0.15, -0.1) is 0 Å². The first-order valence-electron chi connectivity index (χ1n) is 5.20. The monoisotopic (exact) mass is 209 g/mol. The molecule has 3 N–H and O–H groups in total. The van der Waals surface area contributed by atoms with Gasteiger partial charge in [-0.2, -0.15) is 0 Å². The molecule has 0 saturated carbocycles. The summed E-state index contributed by atoms with van der Waals surface area (Å²) in [6, 6.07) is 5.98. The van der Waals surface area contributed by atoms with Crippen LogP contribution in [0.25, 0.3) is 0 Å². The van der Waals surface area contributed by atoms with Gasteiger partial charge in [-0.3, -0.25) is 16.3 Å². The van der Waals surface area contributed by atoms with E-state index in [1.807, 2.05) is 18.2 Å². The average molecular weight is 209 g/mol. The summed E-state index contributed by atoms with van der Waals surface area (Å²) < 4.78 is 5.35. The summed E-state index contributed by atoms with van der Waals surface area (Å²) in [6.07, 6.45) is 3.62. The first-order chi connectivity index (χ1) is 7.31. The number of nitrogens with zero attached hydrogens (tertiary/aromatic N) is 1. The molecule has 0 bridgehead atoms. The third kappa shape index (κ3) is 3.58. The van der Waals surface area contributed by atoms with Crippen LogP contribution < -0.4 is 11.3 Å². The number of methoxy groups -OCH3 is 1. The van der Waals surface area contributed by atoms with Gasteiger partial charge in [0.15, 0.2) is 0 Å². The van der Waals surface area contributed by atoms with Crippen LogP contribution in [0.3, 0.4) is 0 Å². The fourth-order valence-electron chi connectivity index (χ4n) is 1.66. The van der Waals surface area contributed by atoms with Gasteiger partial charge in [0.05, 0.1) is 12.1 Å². The first kappa shape index (κ1) is 12.1. The van der Waals surface area contributed by atoms with Crippen molar-refractivity contribution in [1.82, 2.24) is 10.4 Å². The van der Waals surface area contributed by atoms with E-state index in [-0.39, 0.29) is 12.1 Å². The summed E-state index contributed by atoms with van der Waals surface area (Å²) in [4.78, 5) is 4.27. The van der Waals surface area contributed by atoms with Crippen LogP contribution in [0, 0.1) is 0 Å². The fraction of sp³-hybridized carbons (Fsp3) is 0.545. The maximum atomic E-state index is 5.51. The highest BCUT2D eigenvalue weighted by Gasteiger charge is 2.18. The Morgan fingerprint density at radius 2 is 2.33 bits per heavy atom. The van der Waals surface area contributed by atoms with Gasteiger partial charge >= 0.3 is 0 Å². The van der Waals surface area contributed by atoms with Crippen molar-refractivity contribution in [2.24, 2.45) is 5.84 Å². The van der Waals surface area contributed by atoms with Crippen LogP contribution in [-0.2, 0) is 11.2 Å². The Morgan fingerprint density at radius 3 is 2.80 bits per heavy atom. The van der Waals surface area contributed by atoms with E-state index in [9.17, 15) is 0 Å². The zero-order valence-corrected chi connectivity index (χ0v) is 9.31. The number of rotatable bonds is 6. The molecular weight excluding hydrogens is 190 g/mol. The highest BCUT2D eigenvalue weighted by Crippen LogP contribution is 2.08. The van der Waals surface area contributed by atoms with E-state index in [0.29, 0.717) is 0 Å². The Balaban J connectivity index is 2.61. The number of nitrogens with two attached hydrogens (primary N) is 1. The van der Waals surface area contributed by atoms with Crippen LogP contribution in [0.1, 0.15) is 19.0 Å². The largest absolute Gasteiger partial charge is 0.380 e. The second-order valence-electron chi connectivity index (χ2n) is 3.48. The van der Waals surface area contributed by atoms with E-state index in [4.69, 9.17) is 10.6 Å². The SMILES string of the molecule is CCC(OC)C(Cc1ccccn1)NN. The maximum absolute atomic E-state index is 5.51. The van der Waals surface area contributed by atoms with E-state index in [0.717, 1.165) is 18.5 Å². The standard InChI is InChI=1S/C11H19N3O/c1-3-11(15-2)10(14-12)8-9-6-4-5-7-13-9/h4-7,10-11,14H,3,8,12H2,1-2H3. The third-order valence-electron chi connectivity index (χ3n) is 2.52. The van der Waals surface area contributed by atoms with Gasteiger partial charge in [-0.1, -0.05) is 13.0 Å². The van der Waals surface area contributed by atoms with Crippen LogP contribution in [-0.4, -0.2) is 24.2 Å². The van der Waals surface area contributed by atoms with Crippen molar-refractivity contribution < 1.29 is 4.74 Å². The summed E-state index contributed by atoms with van der Waals surface area (Å²) >= 11 is 0. The second-order valence-corrected chi connectivity index (χ2v) is 3.48. The molecule has 1 heterocycles. The predicted molar refractivity (Wildman–Crippen MR) is 60.1 cm³/mol. The molecule has 0 aromatic carbocycles. The van der Waals surface area contributed by atoms with Crippen molar-refractivity contribution in [3.8, 4) is 0 Å². The molecule has 0 spiro atoms. The molecule has 0 aliphatic rings. The quantitative estimate of drug-likeness (QED) is 0.539. The first-order valence-corrected chi connectivity index (χ1v) is 5.20. The Bertz CT molecular complexity index is 262. The molecule has 1 aromatic rings. The highest BCUT2D eigenvalue weighted by atomic mass is 16.5. The molecule has 1 rings (SSSR count). The number of nitrogens with one attached hydrogen (secondary N) is 1. The number of aromatic nitrogens is 1. The highest BCUT2D eigenvalue weighted by molar-refractivity contribution is 5.05. The Labute approximate surface area is 90.8 Å². The number of hydrazine groups is 1. The molecule has 0 fully saturated rings. The molecule has 4 nitrogen and oxygen atoms in total. The van der Waals surface area contributed by atoms with E-state index < -0.39 is 0 Å². The lowest BCUT2D eigenvalue weighted by Gasteiger charge is -2.23. The lowest BCUT2D eigenvalue weighted by molar-refractivity contribution is 0.0650. The van der Waals surface area contributed by atoms with Gasteiger partial charge in [0.2, 0.25) is 0 Å². The molecule has 0 aliphatic heterocycles. The number of hydrogen-bond donors (Lipinski definition) is 2. The normalized spacial score (nSPS) is 14.9. The molecule has 0 radical (unpaired) electrons. The van der Waals surface area contributed by atoms with E-state index in [1.54, 1.807) is 13.3 Å². The summed E-state index contributed by atoms with van der Waals surface area (Å²) in [7, 11) is 1.71. The van der Waals surface area contributed by atoms with Gasteiger partial charge in [0.25, 0.3) is 0 Å². The fourth-order valence-corrected chi connectivity index (χ4v) is 1.66. The zero-order chi connectivity index (χ0) is 11.1. The minimum atomic E-state index is 0.106. The van der Waals surface area contributed by atoms with Crippen LogP contribution in [0.5, 0.6) is 0 Å². The molecule has 2 unspecified atom stereocenters. The summed E-state index contributed by atoms with van der Waals surface area (Å²) in [6.45, 7) is 2.08. The van der Waals surface area contributed by atoms with Crippen molar-refractivity contribution in [3.05, 3.63) is 30.1 Å². The summed E-state index contributed by atoms with van der Waals surface area (Å²) in [5, 5.41) is 0. The van der Waals surface area contributed by atoms with Gasteiger partial charge in [-0.25, -0.2) is 0 Å². The predicted octanol–water partition coefficient (Wildman–Crippen LogP) is 0.881. The second kappa shape index (κ2) is 6.50. The van der Waals surface area contributed by atoms with Gasteiger partial charge in [0, 0.05) is 25.4 Å². The number of ether oxygens (including phenoxy) is 1. The smallest absolute Gasteiger partial charge is 0.0738 e. The maximum Gasteiger partial charge on any atom is 0.0738 e. The summed E-state index contributed by atoms with van der Waals surface area (Å²) in [5.41, 5.74) is 3.81. The molecule has 84 valence electrons. The van der Waals surface area contributed by atoms with Gasteiger partial charge in [0.1, 0.15) is 0 Å². The lowest BCUT2D eigenvalue weighted by Crippen LogP contribution is -2.46. The van der Waals surface area contributed by atoms with E-state index >= 15 is 0 Å². The van der Waals surface area contributed by atoms with Crippen LogP contribution in [0.15, 0.2) is 24.4 Å². The lowest BCUT2D eigenvalue weighted by atomic mass is 10.0. The average Bonchev–Trinajstić information content (AvgIpc) is 2.30. The third-order valence-corrected chi connectivity index (χ3v) is 2.52. The number of pyridine rings is 1. The van der Waals surface area contributed by atoms with E-state index in [1.165, 1.54) is 0 Å². The molecule has 0 saturated heterocycles. The zero-order valence-electron chi connectivity index (χ0n) is 9.31. The number of hydrogen-bond acceptors (Lipinski definition) is 4. The van der Waals surface area contributed by atoms with Crippen molar-refractivity contribution in [3.63, 3.8) is 0 Å². The van der Waals surface area contributed by atoms with Gasteiger partial charge in [-0.05, 0) is 18.6 Å². The molecule has 1 aromatic heterocycles. The van der Waals surface area contributed by atoms with E-state index in [2.05, 4.69) is 17.3 Å². The van der Waals surface area contributed by atoms with Crippen molar-refractivity contribution in [2.75, 3.05) is 7.11 Å². The molecule has 4 heteroatoms. The minimum absolute atomic E-state index is 0.106. The molecule has 15 heavy (non-hydrogen) atoms. The minimum Gasteiger partial charge on any atom is -0.380 e. The molecular formula is C11H19N3O. The van der Waals surface area contributed by atoms with Crippen LogP contribution in [0.2, 0.25) is 0 Å². The molecule has 0 amide bonds. The molecule has 2 atom stereocenters. The topological polar surface area (TPSA) is 60.2 Å².